The smallest absolute Gasteiger partial charge is 0.263 e. The molecule has 1 aromatic carbocycles. The van der Waals surface area contributed by atoms with Crippen LogP contribution in [0.2, 0.25) is 0 Å². The molecule has 0 amide bonds. The van der Waals surface area contributed by atoms with Crippen LogP contribution in [0.3, 0.4) is 0 Å². The Hall–Kier alpha value is -3.05. The third-order valence-corrected chi connectivity index (χ3v) is 5.97. The number of sulfonamides is 1. The average Bonchev–Trinajstić information content (AvgIpc) is 2.82. The lowest BCUT2D eigenvalue weighted by Crippen LogP contribution is -2.40. The highest BCUT2D eigenvalue weighted by atomic mass is 32.2. The van der Waals surface area contributed by atoms with Gasteiger partial charge in [0.2, 0.25) is 16.0 Å². The van der Waals surface area contributed by atoms with Crippen LogP contribution in [-0.4, -0.2) is 88.9 Å². The second-order valence-corrected chi connectivity index (χ2v) is 10.3. The highest BCUT2D eigenvalue weighted by Crippen LogP contribution is 2.31. The number of quaternary nitrogens is 1. The molecule has 2 aromatic rings. The van der Waals surface area contributed by atoms with Crippen molar-refractivity contribution in [2.75, 3.05) is 24.7 Å². The van der Waals surface area contributed by atoms with E-state index in [4.69, 9.17) is 15.3 Å². The van der Waals surface area contributed by atoms with Crippen LogP contribution in [-0.2, 0) is 14.8 Å². The summed E-state index contributed by atoms with van der Waals surface area (Å²) in [6, 6.07) is 5.46. The number of carbonyl (C=O) groups excluding carboxylic acids is 1. The number of hydrogen-bond acceptors (Lipinski definition) is 11. The van der Waals surface area contributed by atoms with Crippen molar-refractivity contribution in [2.24, 2.45) is 0 Å². The van der Waals surface area contributed by atoms with Gasteiger partial charge >= 0.3 is 0 Å². The summed E-state index contributed by atoms with van der Waals surface area (Å²) in [5, 5.41) is 52.1. The molecule has 13 nitrogen and oxygen atoms in total. The number of anilines is 1. The van der Waals surface area contributed by atoms with Gasteiger partial charge in [-0.3, -0.25) is 0 Å². The van der Waals surface area contributed by atoms with Crippen molar-refractivity contribution >= 4 is 28.0 Å². The van der Waals surface area contributed by atoms with Gasteiger partial charge in [0.15, 0.2) is 0 Å². The van der Waals surface area contributed by atoms with Crippen LogP contribution in [0.5, 0.6) is 0 Å². The Morgan fingerprint density at radius 2 is 1.56 bits per heavy atom. The van der Waals surface area contributed by atoms with Gasteiger partial charge in [-0.25, -0.2) is 27.1 Å². The van der Waals surface area contributed by atoms with Crippen LogP contribution in [0.1, 0.15) is 58.7 Å². The number of halogens is 1. The molecule has 236 valence electrons. The zero-order chi connectivity index (χ0) is 30.5. The zero-order valence-electron chi connectivity index (χ0n) is 22.4. The highest BCUT2D eigenvalue weighted by Gasteiger charge is 2.22. The summed E-state index contributed by atoms with van der Waals surface area (Å²) in [4.78, 5) is 19.4. The third-order valence-electron chi connectivity index (χ3n) is 4.81. The van der Waals surface area contributed by atoms with E-state index in [9.17, 15) is 32.9 Å². The summed E-state index contributed by atoms with van der Waals surface area (Å²) >= 11 is 0. The molecule has 0 saturated heterocycles. The molecule has 15 heteroatoms. The molecule has 0 fully saturated rings. The monoisotopic (exact) mass is 608 g/mol. The molecule has 0 bridgehead atoms. The van der Waals surface area contributed by atoms with E-state index < -0.39 is 46.9 Å². The molecule has 8 N–H and O–H groups in total. The van der Waals surface area contributed by atoms with Gasteiger partial charge < -0.3 is 41.2 Å². The van der Waals surface area contributed by atoms with Gasteiger partial charge in [0.1, 0.15) is 5.82 Å². The normalized spacial score (nSPS) is 12.2. The Kier molecular flexibility index (Phi) is 20.6. The van der Waals surface area contributed by atoms with Crippen LogP contribution in [0.4, 0.5) is 10.3 Å². The van der Waals surface area contributed by atoms with Crippen molar-refractivity contribution in [3.63, 3.8) is 0 Å². The molecule has 0 aliphatic heterocycles. The lowest BCUT2D eigenvalue weighted by atomic mass is 9.97. The van der Waals surface area contributed by atoms with Crippen molar-refractivity contribution in [2.45, 2.75) is 66.1 Å². The van der Waals surface area contributed by atoms with E-state index in [0.29, 0.717) is 22.5 Å². The van der Waals surface area contributed by atoms with E-state index in [-0.39, 0.29) is 33.1 Å². The van der Waals surface area contributed by atoms with Gasteiger partial charge in [-0.05, 0) is 30.2 Å². The van der Waals surface area contributed by atoms with E-state index >= 15 is 0 Å². The number of hydrogen-bond donors (Lipinski definition) is 6. The fourth-order valence-corrected chi connectivity index (χ4v) is 3.41. The summed E-state index contributed by atoms with van der Waals surface area (Å²) in [5.74, 6) is -2.14. The summed E-state index contributed by atoms with van der Waals surface area (Å²) in [6.45, 7) is 1.52. The molecule has 2 rings (SSSR count). The van der Waals surface area contributed by atoms with E-state index in [1.807, 2.05) is 13.8 Å². The molecular formula is C26H45FN4O9S. The molecule has 1 aromatic heterocycles. The predicted molar refractivity (Wildman–Crippen MR) is 153 cm³/mol. The maximum absolute atomic E-state index is 13.5. The summed E-state index contributed by atoms with van der Waals surface area (Å²) in [6.07, 6.45) is 0.578. The quantitative estimate of drug-likeness (QED) is 0.187. The molecule has 41 heavy (non-hydrogen) atoms. The molecule has 1 heterocycles. The van der Waals surface area contributed by atoms with Gasteiger partial charge in [0.25, 0.3) is 6.48 Å². The molecule has 0 radical (unpaired) electrons. The highest BCUT2D eigenvalue weighted by molar-refractivity contribution is 7.92. The summed E-state index contributed by atoms with van der Waals surface area (Å²) < 4.78 is 38.6. The van der Waals surface area contributed by atoms with Crippen molar-refractivity contribution in [3.8, 4) is 11.3 Å². The molecule has 2 atom stereocenters. The number of aliphatic carboxylic acids is 1. The molecule has 0 unspecified atom stereocenters. The van der Waals surface area contributed by atoms with E-state index in [1.54, 1.807) is 7.05 Å². The van der Waals surface area contributed by atoms with Gasteiger partial charge in [0, 0.05) is 37.0 Å². The van der Waals surface area contributed by atoms with Crippen LogP contribution in [0, 0.1) is 5.82 Å². The molecule has 0 aliphatic carbocycles. The van der Waals surface area contributed by atoms with Crippen LogP contribution < -0.4 is 15.1 Å². The van der Waals surface area contributed by atoms with Crippen molar-refractivity contribution in [1.82, 2.24) is 9.97 Å². The Bertz CT molecular complexity index is 1180. The van der Waals surface area contributed by atoms with E-state index in [2.05, 4.69) is 15.7 Å². The van der Waals surface area contributed by atoms with Gasteiger partial charge in [-0.2, -0.15) is 0 Å². The first-order chi connectivity index (χ1) is 18.0. The summed E-state index contributed by atoms with van der Waals surface area (Å²) in [7, 11) is -0.586. The molecule has 0 saturated carbocycles. The number of carboxylic acid groups (broad SMARTS) is 1. The Morgan fingerprint density at radius 1 is 1.07 bits per heavy atom. The minimum atomic E-state index is -3.66. The third kappa shape index (κ3) is 15.5. The molecule has 0 aliphatic rings. The second kappa shape index (κ2) is 19.9. The first-order valence-electron chi connectivity index (χ1n) is 11.6. The number of aromatic nitrogens is 2. The van der Waals surface area contributed by atoms with Crippen LogP contribution in [0.25, 0.3) is 17.3 Å². The Balaban J connectivity index is -0.00000166. The number of aliphatic hydroxyl groups excluding tert-OH is 3. The van der Waals surface area contributed by atoms with E-state index in [0.717, 1.165) is 10.6 Å². The second-order valence-electron chi connectivity index (χ2n) is 8.30. The maximum atomic E-state index is 13.5. The van der Waals surface area contributed by atoms with E-state index in [1.165, 1.54) is 43.5 Å². The first-order valence-corrected chi connectivity index (χ1v) is 13.5. The maximum Gasteiger partial charge on any atom is 0.263 e. The van der Waals surface area contributed by atoms with Crippen LogP contribution >= 0.6 is 0 Å². The number of carbonyl (C=O) groups is 1. The standard InChI is InChI=1S/C22H28FN3O6S.CH5N.CH4O3.2CH4/c1-13(2)20-18(10-9-16(27)11-17(28)12-19(29)30)21(14-5-7-15(23)8-6-14)25-22(24-20)26(3)33(4,31)32;1-2;2-1(3)4;;/h5-10,13,16-17,27-28H,11-12H2,1-4H3,(H,29,30);2H2,1H3;1-4H;2*1H4/b10-9+;;;;/t16-,17-;;;;/m1..../s1. The lowest BCUT2D eigenvalue weighted by molar-refractivity contribution is -0.325. The van der Waals surface area contributed by atoms with Crippen molar-refractivity contribution < 1.29 is 54.0 Å². The summed E-state index contributed by atoms with van der Waals surface area (Å²) in [5.41, 5.74) is 5.01. The molecule has 0 spiro atoms. The number of aliphatic hydroxyl groups is 5. The minimum Gasteiger partial charge on any atom is -0.550 e. The van der Waals surface area contributed by atoms with Gasteiger partial charge in [-0.1, -0.05) is 40.9 Å². The number of benzene rings is 1. The fourth-order valence-electron chi connectivity index (χ4n) is 3.04. The number of carboxylic acids is 1. The first kappa shape index (κ1) is 42.4. The van der Waals surface area contributed by atoms with Gasteiger partial charge in [-0.15, -0.1) is 0 Å². The SMILES string of the molecule is C.C.CC(C)c1nc(N(C)S(C)(=O)=O)nc(-c2ccc(F)cc2)c1/C=C/[C@@H](O)C[C@@H](O)CC(=O)[O-].C[NH3+].OC(O)O. The minimum absolute atomic E-state index is 0. The Labute approximate surface area is 241 Å². The van der Waals surface area contributed by atoms with Gasteiger partial charge in [0.05, 0.1) is 36.9 Å². The van der Waals surface area contributed by atoms with Crippen molar-refractivity contribution in [3.05, 3.63) is 47.4 Å². The number of nitrogens with zero attached hydrogens (tertiary/aromatic N) is 3. The largest absolute Gasteiger partial charge is 0.550 e. The van der Waals surface area contributed by atoms with Crippen molar-refractivity contribution in [1.29, 1.82) is 0 Å². The predicted octanol–water partition coefficient (Wildman–Crippen LogP) is -0.556. The fraction of sp³-hybridized carbons (Fsp3) is 0.500. The number of rotatable bonds is 10. The lowest BCUT2D eigenvalue weighted by Gasteiger charge is -2.20. The average molecular weight is 609 g/mol. The zero-order valence-corrected chi connectivity index (χ0v) is 23.2. The van der Waals surface area contributed by atoms with Crippen LogP contribution in [0.15, 0.2) is 30.3 Å². The Morgan fingerprint density at radius 3 is 1.98 bits per heavy atom. The topological polar surface area (TPSA) is 232 Å². The molecular weight excluding hydrogens is 563 g/mol.